The van der Waals surface area contributed by atoms with E-state index in [1.54, 1.807) is 25.1 Å². The molecule has 0 aliphatic heterocycles. The zero-order valence-corrected chi connectivity index (χ0v) is 9.68. The summed E-state index contributed by atoms with van der Waals surface area (Å²) in [6.45, 7) is 3.75. The number of hydrogen-bond acceptors (Lipinski definition) is 2. The number of carboxylic acid groups (broad SMARTS) is 1. The van der Waals surface area contributed by atoms with Gasteiger partial charge in [0, 0.05) is 0 Å². The van der Waals surface area contributed by atoms with Crippen molar-refractivity contribution in [3.8, 4) is 5.75 Å². The van der Waals surface area contributed by atoms with Crippen LogP contribution in [0.5, 0.6) is 5.75 Å². The van der Waals surface area contributed by atoms with Crippen molar-refractivity contribution < 1.29 is 15.0 Å². The first-order chi connectivity index (χ1) is 7.56. The maximum absolute atomic E-state index is 11.0. The van der Waals surface area contributed by atoms with Crippen LogP contribution < -0.4 is 0 Å². The molecule has 0 aromatic heterocycles. The summed E-state index contributed by atoms with van der Waals surface area (Å²) in [6, 6.07) is 6.87. The second-order valence-electron chi connectivity index (χ2n) is 4.12. The van der Waals surface area contributed by atoms with E-state index in [2.05, 4.69) is 0 Å². The fraction of sp³-hybridized carbons (Fsp3) is 0.462. The first-order valence-electron chi connectivity index (χ1n) is 5.58. The van der Waals surface area contributed by atoms with Crippen LogP contribution in [-0.2, 0) is 4.79 Å². The van der Waals surface area contributed by atoms with Crippen molar-refractivity contribution in [1.29, 1.82) is 0 Å². The van der Waals surface area contributed by atoms with E-state index in [0.29, 0.717) is 0 Å². The third-order valence-corrected chi connectivity index (χ3v) is 2.89. The topological polar surface area (TPSA) is 57.5 Å². The van der Waals surface area contributed by atoms with Gasteiger partial charge in [-0.3, -0.25) is 4.79 Å². The lowest BCUT2D eigenvalue weighted by Crippen LogP contribution is -2.19. The van der Waals surface area contributed by atoms with E-state index in [1.165, 1.54) is 0 Å². The third-order valence-electron chi connectivity index (χ3n) is 2.89. The number of rotatable bonds is 5. The average Bonchev–Trinajstić information content (AvgIpc) is 2.24. The summed E-state index contributed by atoms with van der Waals surface area (Å²) in [6.07, 6.45) is 1.74. The fourth-order valence-electron chi connectivity index (χ4n) is 1.94. The van der Waals surface area contributed by atoms with Crippen molar-refractivity contribution in [1.82, 2.24) is 0 Å². The molecule has 0 saturated carbocycles. The first kappa shape index (κ1) is 12.6. The smallest absolute Gasteiger partial charge is 0.306 e. The number of aromatic hydroxyl groups is 1. The Kier molecular flexibility index (Phi) is 4.35. The predicted molar refractivity (Wildman–Crippen MR) is 62.6 cm³/mol. The van der Waals surface area contributed by atoms with Crippen LogP contribution in [0, 0.1) is 5.92 Å². The molecular weight excluding hydrogens is 204 g/mol. The standard InChI is InChI=1S/C13H18O3/c1-3-5-12(9(2)13(15)16)10-6-4-7-11(14)8-10/h4,6-9,12,14H,3,5H2,1-2H3,(H,15,16)/t9?,12-/m0/s1. The highest BCUT2D eigenvalue weighted by Gasteiger charge is 2.24. The molecule has 2 N–H and O–H groups in total. The molecule has 0 fully saturated rings. The number of aliphatic carboxylic acids is 1. The quantitative estimate of drug-likeness (QED) is 0.805. The minimum Gasteiger partial charge on any atom is -0.508 e. The molecule has 0 radical (unpaired) electrons. The van der Waals surface area contributed by atoms with Crippen LogP contribution in [0.1, 0.15) is 38.2 Å². The van der Waals surface area contributed by atoms with E-state index in [1.807, 2.05) is 13.0 Å². The summed E-state index contributed by atoms with van der Waals surface area (Å²) in [4.78, 5) is 11.0. The summed E-state index contributed by atoms with van der Waals surface area (Å²) in [5.41, 5.74) is 0.900. The van der Waals surface area contributed by atoms with Crippen LogP contribution in [0.4, 0.5) is 0 Å². The maximum atomic E-state index is 11.0. The van der Waals surface area contributed by atoms with Gasteiger partial charge in [-0.1, -0.05) is 32.4 Å². The lowest BCUT2D eigenvalue weighted by molar-refractivity contribution is -0.142. The summed E-state index contributed by atoms with van der Waals surface area (Å²) in [5, 5.41) is 18.5. The van der Waals surface area contributed by atoms with Crippen LogP contribution in [0.2, 0.25) is 0 Å². The lowest BCUT2D eigenvalue weighted by Gasteiger charge is -2.20. The zero-order valence-electron chi connectivity index (χ0n) is 9.68. The Morgan fingerprint density at radius 3 is 2.62 bits per heavy atom. The van der Waals surface area contributed by atoms with Gasteiger partial charge in [-0.15, -0.1) is 0 Å². The molecule has 1 rings (SSSR count). The molecule has 0 spiro atoms. The number of phenols is 1. The molecule has 1 unspecified atom stereocenters. The van der Waals surface area contributed by atoms with Crippen LogP contribution in [0.3, 0.4) is 0 Å². The highest BCUT2D eigenvalue weighted by atomic mass is 16.4. The van der Waals surface area contributed by atoms with Crippen molar-refractivity contribution in [2.75, 3.05) is 0 Å². The molecule has 0 amide bonds. The summed E-state index contributed by atoms with van der Waals surface area (Å²) < 4.78 is 0. The Hall–Kier alpha value is -1.51. The van der Waals surface area contributed by atoms with E-state index in [4.69, 9.17) is 5.11 Å². The van der Waals surface area contributed by atoms with Crippen molar-refractivity contribution in [3.05, 3.63) is 29.8 Å². The molecule has 88 valence electrons. The second kappa shape index (κ2) is 5.54. The van der Waals surface area contributed by atoms with Gasteiger partial charge in [-0.25, -0.2) is 0 Å². The molecule has 1 aromatic rings. The Bertz CT molecular complexity index is 360. The van der Waals surface area contributed by atoms with E-state index in [0.717, 1.165) is 18.4 Å². The monoisotopic (exact) mass is 222 g/mol. The predicted octanol–water partition coefficient (Wildman–Crippen LogP) is 3.00. The second-order valence-corrected chi connectivity index (χ2v) is 4.12. The van der Waals surface area contributed by atoms with Gasteiger partial charge < -0.3 is 10.2 Å². The Morgan fingerprint density at radius 2 is 2.12 bits per heavy atom. The third kappa shape index (κ3) is 2.99. The molecule has 0 heterocycles. The Balaban J connectivity index is 2.97. The average molecular weight is 222 g/mol. The minimum atomic E-state index is -0.790. The van der Waals surface area contributed by atoms with Crippen molar-refractivity contribution in [2.45, 2.75) is 32.6 Å². The van der Waals surface area contributed by atoms with Gasteiger partial charge in [0.1, 0.15) is 5.75 Å². The van der Waals surface area contributed by atoms with E-state index >= 15 is 0 Å². The molecule has 1 aromatic carbocycles. The zero-order chi connectivity index (χ0) is 12.1. The van der Waals surface area contributed by atoms with Crippen LogP contribution in [0.15, 0.2) is 24.3 Å². The number of carboxylic acids is 1. The summed E-state index contributed by atoms with van der Waals surface area (Å²) in [7, 11) is 0. The van der Waals surface area contributed by atoms with Gasteiger partial charge in [0.05, 0.1) is 5.92 Å². The number of hydrogen-bond donors (Lipinski definition) is 2. The molecule has 3 nitrogen and oxygen atoms in total. The highest BCUT2D eigenvalue weighted by Crippen LogP contribution is 2.31. The fourth-order valence-corrected chi connectivity index (χ4v) is 1.94. The van der Waals surface area contributed by atoms with Gasteiger partial charge in [0.15, 0.2) is 0 Å². The van der Waals surface area contributed by atoms with Crippen LogP contribution in [0.25, 0.3) is 0 Å². The van der Waals surface area contributed by atoms with Crippen molar-refractivity contribution in [3.63, 3.8) is 0 Å². The summed E-state index contributed by atoms with van der Waals surface area (Å²) >= 11 is 0. The van der Waals surface area contributed by atoms with Gasteiger partial charge >= 0.3 is 5.97 Å². The summed E-state index contributed by atoms with van der Waals surface area (Å²) in [5.74, 6) is -1.06. The molecule has 0 saturated heterocycles. The first-order valence-corrected chi connectivity index (χ1v) is 5.58. The molecule has 0 bridgehead atoms. The van der Waals surface area contributed by atoms with Gasteiger partial charge in [0.25, 0.3) is 0 Å². The largest absolute Gasteiger partial charge is 0.508 e. The molecular formula is C13H18O3. The molecule has 2 atom stereocenters. The van der Waals surface area contributed by atoms with Crippen LogP contribution >= 0.6 is 0 Å². The SMILES string of the molecule is CCC[C@H](c1cccc(O)c1)C(C)C(=O)O. The van der Waals surface area contributed by atoms with Gasteiger partial charge in [-0.05, 0) is 30.0 Å². The number of benzene rings is 1. The van der Waals surface area contributed by atoms with Gasteiger partial charge in [0.2, 0.25) is 0 Å². The Labute approximate surface area is 95.7 Å². The lowest BCUT2D eigenvalue weighted by atomic mass is 9.84. The molecule has 3 heteroatoms. The molecule has 0 aliphatic carbocycles. The van der Waals surface area contributed by atoms with E-state index in [9.17, 15) is 9.90 Å². The molecule has 16 heavy (non-hydrogen) atoms. The molecule has 0 aliphatic rings. The number of carbonyl (C=O) groups is 1. The highest BCUT2D eigenvalue weighted by molar-refractivity contribution is 5.71. The van der Waals surface area contributed by atoms with Crippen molar-refractivity contribution in [2.24, 2.45) is 5.92 Å². The minimum absolute atomic E-state index is 0.0328. The van der Waals surface area contributed by atoms with E-state index in [-0.39, 0.29) is 11.7 Å². The Morgan fingerprint density at radius 1 is 1.44 bits per heavy atom. The van der Waals surface area contributed by atoms with E-state index < -0.39 is 11.9 Å². The van der Waals surface area contributed by atoms with Crippen LogP contribution in [-0.4, -0.2) is 16.2 Å². The van der Waals surface area contributed by atoms with Gasteiger partial charge in [-0.2, -0.15) is 0 Å². The maximum Gasteiger partial charge on any atom is 0.306 e. The normalized spacial score (nSPS) is 14.4. The number of phenolic OH excluding ortho intramolecular Hbond substituents is 1. The van der Waals surface area contributed by atoms with Crippen molar-refractivity contribution >= 4 is 5.97 Å².